The average molecular weight is 419 g/mol. The van der Waals surface area contributed by atoms with E-state index < -0.39 is 8.32 Å². The summed E-state index contributed by atoms with van der Waals surface area (Å²) >= 11 is 0. The molecule has 1 aromatic rings. The van der Waals surface area contributed by atoms with Crippen LogP contribution in [0, 0.1) is 12.8 Å². The number of benzene rings is 1. The Balaban J connectivity index is 1.96. The summed E-state index contributed by atoms with van der Waals surface area (Å²) in [6, 6.07) is 3.62. The zero-order chi connectivity index (χ0) is 21.8. The number of hydrogen-bond donors (Lipinski definition) is 2. The molecule has 1 aliphatic rings. The SMILES string of the molecule is Cc1c(OCC=CCO[Si](C)(C)C(C)(C)C)ccc(C2=NNC(=O)CC2C)c1O. The van der Waals surface area contributed by atoms with Gasteiger partial charge in [0.15, 0.2) is 8.32 Å². The van der Waals surface area contributed by atoms with Crippen LogP contribution in [-0.2, 0) is 9.22 Å². The predicted octanol–water partition coefficient (Wildman–Crippen LogP) is 4.52. The average Bonchev–Trinajstić information content (AvgIpc) is 2.61. The van der Waals surface area contributed by atoms with Crippen molar-refractivity contribution in [3.05, 3.63) is 35.4 Å². The first-order valence-electron chi connectivity index (χ1n) is 10.0. The molecule has 7 heteroatoms. The van der Waals surface area contributed by atoms with Crippen molar-refractivity contribution in [2.75, 3.05) is 13.2 Å². The zero-order valence-corrected chi connectivity index (χ0v) is 19.6. The molecule has 1 aliphatic heterocycles. The number of carbonyl (C=O) groups excluding carboxylic acids is 1. The lowest BCUT2D eigenvalue weighted by Crippen LogP contribution is -2.40. The summed E-state index contributed by atoms with van der Waals surface area (Å²) < 4.78 is 11.9. The van der Waals surface area contributed by atoms with Gasteiger partial charge in [0.1, 0.15) is 18.1 Å². The summed E-state index contributed by atoms with van der Waals surface area (Å²) in [7, 11) is -1.74. The number of phenolic OH excluding ortho intramolecular Hbond substituents is 1. The smallest absolute Gasteiger partial charge is 0.240 e. The van der Waals surface area contributed by atoms with Gasteiger partial charge >= 0.3 is 0 Å². The van der Waals surface area contributed by atoms with Crippen molar-refractivity contribution in [2.24, 2.45) is 11.0 Å². The van der Waals surface area contributed by atoms with Gasteiger partial charge in [-0.1, -0.05) is 33.8 Å². The van der Waals surface area contributed by atoms with E-state index in [2.05, 4.69) is 44.4 Å². The van der Waals surface area contributed by atoms with Crippen molar-refractivity contribution < 1.29 is 19.1 Å². The quantitative estimate of drug-likeness (QED) is 0.504. The van der Waals surface area contributed by atoms with Gasteiger partial charge in [-0.05, 0) is 43.3 Å². The lowest BCUT2D eigenvalue weighted by molar-refractivity contribution is -0.121. The first kappa shape index (κ1) is 23.2. The van der Waals surface area contributed by atoms with Crippen molar-refractivity contribution in [2.45, 2.75) is 59.2 Å². The molecule has 0 aliphatic carbocycles. The molecule has 0 bridgehead atoms. The topological polar surface area (TPSA) is 80.2 Å². The molecule has 1 atom stereocenters. The molecule has 0 radical (unpaired) electrons. The van der Waals surface area contributed by atoms with Gasteiger partial charge < -0.3 is 14.3 Å². The maximum absolute atomic E-state index is 11.4. The van der Waals surface area contributed by atoms with Crippen molar-refractivity contribution in [3.63, 3.8) is 0 Å². The number of amides is 1. The fraction of sp³-hybridized carbons (Fsp3) is 0.545. The van der Waals surface area contributed by atoms with Gasteiger partial charge in [-0.15, -0.1) is 0 Å². The second kappa shape index (κ2) is 9.13. The number of hydrazone groups is 1. The highest BCUT2D eigenvalue weighted by molar-refractivity contribution is 6.74. The van der Waals surface area contributed by atoms with Crippen LogP contribution in [0.3, 0.4) is 0 Å². The Morgan fingerprint density at radius 1 is 1.28 bits per heavy atom. The maximum atomic E-state index is 11.4. The normalized spacial score (nSPS) is 18.0. The van der Waals surface area contributed by atoms with Gasteiger partial charge in [-0.2, -0.15) is 5.10 Å². The first-order valence-corrected chi connectivity index (χ1v) is 13.0. The maximum Gasteiger partial charge on any atom is 0.240 e. The van der Waals surface area contributed by atoms with Gasteiger partial charge in [0.2, 0.25) is 5.91 Å². The summed E-state index contributed by atoms with van der Waals surface area (Å²) in [5.41, 5.74) is 4.44. The lowest BCUT2D eigenvalue weighted by atomic mass is 9.92. The van der Waals surface area contributed by atoms with E-state index in [0.717, 1.165) is 0 Å². The van der Waals surface area contributed by atoms with E-state index >= 15 is 0 Å². The predicted molar refractivity (Wildman–Crippen MR) is 119 cm³/mol. The molecule has 1 unspecified atom stereocenters. The number of nitrogens with one attached hydrogen (secondary N) is 1. The molecule has 0 aromatic heterocycles. The van der Waals surface area contributed by atoms with Crippen LogP contribution in [0.2, 0.25) is 18.1 Å². The van der Waals surface area contributed by atoms with Gasteiger partial charge in [-0.3, -0.25) is 4.79 Å². The van der Waals surface area contributed by atoms with Crippen LogP contribution in [-0.4, -0.2) is 38.3 Å². The van der Waals surface area contributed by atoms with Crippen LogP contribution in [0.1, 0.15) is 45.2 Å². The second-order valence-electron chi connectivity index (χ2n) is 9.08. The summed E-state index contributed by atoms with van der Waals surface area (Å²) in [4.78, 5) is 11.4. The Morgan fingerprint density at radius 3 is 2.55 bits per heavy atom. The molecule has 160 valence electrons. The van der Waals surface area contributed by atoms with Crippen LogP contribution in [0.15, 0.2) is 29.4 Å². The van der Waals surface area contributed by atoms with E-state index in [9.17, 15) is 9.90 Å². The minimum Gasteiger partial charge on any atom is -0.507 e. The van der Waals surface area contributed by atoms with Crippen LogP contribution in [0.25, 0.3) is 0 Å². The molecule has 2 N–H and O–H groups in total. The largest absolute Gasteiger partial charge is 0.507 e. The Morgan fingerprint density at radius 2 is 1.93 bits per heavy atom. The molecule has 2 rings (SSSR count). The van der Waals surface area contributed by atoms with Crippen molar-refractivity contribution in [1.82, 2.24) is 5.43 Å². The third-order valence-corrected chi connectivity index (χ3v) is 10.3. The van der Waals surface area contributed by atoms with E-state index in [0.29, 0.717) is 42.2 Å². The molecule has 1 aromatic carbocycles. The zero-order valence-electron chi connectivity index (χ0n) is 18.6. The number of aromatic hydroxyl groups is 1. The van der Waals surface area contributed by atoms with E-state index in [1.165, 1.54) is 0 Å². The van der Waals surface area contributed by atoms with Gasteiger partial charge in [0.05, 0.1) is 12.3 Å². The minimum atomic E-state index is -1.74. The third-order valence-electron chi connectivity index (χ3n) is 5.76. The van der Waals surface area contributed by atoms with E-state index in [4.69, 9.17) is 9.16 Å². The number of ether oxygens (including phenoxy) is 1. The van der Waals surface area contributed by atoms with Crippen molar-refractivity contribution in [3.8, 4) is 11.5 Å². The Labute approximate surface area is 175 Å². The molecule has 6 nitrogen and oxygen atoms in total. The van der Waals surface area contributed by atoms with E-state index in [1.54, 1.807) is 6.07 Å². The summed E-state index contributed by atoms with van der Waals surface area (Å²) in [5.74, 6) is 0.593. The van der Waals surface area contributed by atoms with Gasteiger partial charge in [-0.25, -0.2) is 5.43 Å². The number of carbonyl (C=O) groups is 1. The molecule has 0 spiro atoms. The van der Waals surface area contributed by atoms with Gasteiger partial charge in [0.25, 0.3) is 0 Å². The number of phenols is 1. The Bertz CT molecular complexity index is 810. The third kappa shape index (κ3) is 5.70. The number of hydrogen-bond acceptors (Lipinski definition) is 5. The van der Waals surface area contributed by atoms with Crippen LogP contribution < -0.4 is 10.2 Å². The molecule has 0 saturated heterocycles. The summed E-state index contributed by atoms with van der Waals surface area (Å²) in [5, 5.41) is 14.9. The molecule has 1 heterocycles. The fourth-order valence-electron chi connectivity index (χ4n) is 2.77. The Hall–Kier alpha value is -2.12. The van der Waals surface area contributed by atoms with Crippen LogP contribution in [0.4, 0.5) is 0 Å². The standard InChI is InChI=1S/C22H34N2O4Si/c1-15-14-19(25)23-24-20(15)17-10-11-18(16(2)21(17)26)27-12-8-9-13-28-29(6,7)22(3,4)5/h8-11,15,26H,12-14H2,1-7H3,(H,23,25). The highest BCUT2D eigenvalue weighted by Gasteiger charge is 2.36. The summed E-state index contributed by atoms with van der Waals surface area (Å²) in [6.45, 7) is 15.8. The van der Waals surface area contributed by atoms with Gasteiger partial charge in [0, 0.05) is 23.5 Å². The molecular formula is C22H34N2O4Si. The lowest BCUT2D eigenvalue weighted by Gasteiger charge is -2.35. The number of nitrogens with zero attached hydrogens (tertiary/aromatic N) is 1. The number of rotatable bonds is 7. The first-order chi connectivity index (χ1) is 13.4. The highest BCUT2D eigenvalue weighted by Crippen LogP contribution is 2.36. The van der Waals surface area contributed by atoms with E-state index in [-0.39, 0.29) is 22.6 Å². The molecule has 0 fully saturated rings. The highest BCUT2D eigenvalue weighted by atomic mass is 28.4. The Kier molecular flexibility index (Phi) is 7.29. The molecule has 1 amide bonds. The summed E-state index contributed by atoms with van der Waals surface area (Å²) in [6.07, 6.45) is 4.27. The minimum absolute atomic E-state index is 0.0512. The monoisotopic (exact) mass is 418 g/mol. The van der Waals surface area contributed by atoms with E-state index in [1.807, 2.05) is 32.1 Å². The molecular weight excluding hydrogens is 384 g/mol. The van der Waals surface area contributed by atoms with Crippen molar-refractivity contribution in [1.29, 1.82) is 0 Å². The second-order valence-corrected chi connectivity index (χ2v) is 13.9. The van der Waals surface area contributed by atoms with Crippen molar-refractivity contribution >= 4 is 19.9 Å². The molecule has 29 heavy (non-hydrogen) atoms. The molecule has 0 saturated carbocycles. The van der Waals surface area contributed by atoms with Crippen LogP contribution in [0.5, 0.6) is 11.5 Å². The van der Waals surface area contributed by atoms with Crippen LogP contribution >= 0.6 is 0 Å². The fourth-order valence-corrected chi connectivity index (χ4v) is 3.72.